The molecule has 2 aromatic rings. The number of nitrogens with zero attached hydrogens (tertiary/aromatic N) is 2. The van der Waals surface area contributed by atoms with Crippen molar-refractivity contribution in [2.75, 3.05) is 17.9 Å². The van der Waals surface area contributed by atoms with Gasteiger partial charge >= 0.3 is 0 Å². The van der Waals surface area contributed by atoms with Gasteiger partial charge in [0.05, 0.1) is 24.2 Å². The number of benzene rings is 1. The van der Waals surface area contributed by atoms with Crippen LogP contribution in [0.1, 0.15) is 0 Å². The normalized spacial score (nSPS) is 10.0. The van der Waals surface area contributed by atoms with Gasteiger partial charge in [0, 0.05) is 11.8 Å². The summed E-state index contributed by atoms with van der Waals surface area (Å²) in [6.45, 7) is 0. The largest absolute Gasteiger partial charge is 0.494 e. The fourth-order valence-electron chi connectivity index (χ4n) is 1.65. The third-order valence-corrected chi connectivity index (χ3v) is 2.59. The number of ether oxygens (including phenoxy) is 1. The standard InChI is InChI=1S/C12H12FN5O3/c1-21-10-3-2-7(4-9(10)13)15-11-5-8(18(19)20)6-12(16-11)17-14/h2-6H,14H2,1H3,(H2,15,16,17). The van der Waals surface area contributed by atoms with Gasteiger partial charge in [-0.15, -0.1) is 0 Å². The Morgan fingerprint density at radius 2 is 2.05 bits per heavy atom. The van der Waals surface area contributed by atoms with Crippen molar-refractivity contribution >= 4 is 23.0 Å². The summed E-state index contributed by atoms with van der Waals surface area (Å²) in [6.07, 6.45) is 0. The van der Waals surface area contributed by atoms with Crippen molar-refractivity contribution in [1.82, 2.24) is 4.98 Å². The molecule has 0 fully saturated rings. The van der Waals surface area contributed by atoms with Gasteiger partial charge in [-0.25, -0.2) is 15.2 Å². The topological polar surface area (TPSA) is 115 Å². The lowest BCUT2D eigenvalue weighted by atomic mass is 10.3. The second-order valence-electron chi connectivity index (χ2n) is 3.97. The van der Waals surface area contributed by atoms with Crippen LogP contribution in [0.2, 0.25) is 0 Å². The van der Waals surface area contributed by atoms with E-state index in [1.165, 1.54) is 31.4 Å². The number of methoxy groups -OCH3 is 1. The minimum Gasteiger partial charge on any atom is -0.494 e. The number of hydrogen-bond acceptors (Lipinski definition) is 7. The van der Waals surface area contributed by atoms with Crippen LogP contribution in [0.5, 0.6) is 5.75 Å². The van der Waals surface area contributed by atoms with E-state index in [1.54, 1.807) is 6.07 Å². The number of nitrogens with one attached hydrogen (secondary N) is 2. The molecule has 0 atom stereocenters. The molecule has 0 saturated carbocycles. The van der Waals surface area contributed by atoms with Gasteiger partial charge in [-0.2, -0.15) is 0 Å². The zero-order valence-corrected chi connectivity index (χ0v) is 11.0. The summed E-state index contributed by atoms with van der Waals surface area (Å²) >= 11 is 0. The number of nitrogens with two attached hydrogens (primary N) is 1. The van der Waals surface area contributed by atoms with Crippen LogP contribution in [-0.2, 0) is 0 Å². The van der Waals surface area contributed by atoms with Crippen LogP contribution in [0, 0.1) is 15.9 Å². The number of halogens is 1. The van der Waals surface area contributed by atoms with Crippen LogP contribution in [0.25, 0.3) is 0 Å². The van der Waals surface area contributed by atoms with Crippen LogP contribution in [0.4, 0.5) is 27.4 Å². The van der Waals surface area contributed by atoms with E-state index in [2.05, 4.69) is 15.7 Å². The molecule has 4 N–H and O–H groups in total. The minimum absolute atomic E-state index is 0.0943. The number of rotatable bonds is 5. The molecule has 2 rings (SSSR count). The van der Waals surface area contributed by atoms with Crippen molar-refractivity contribution in [3.63, 3.8) is 0 Å². The summed E-state index contributed by atoms with van der Waals surface area (Å²) in [5.74, 6) is 5.00. The van der Waals surface area contributed by atoms with Crippen LogP contribution in [0.3, 0.4) is 0 Å². The molecule has 0 aliphatic heterocycles. The highest BCUT2D eigenvalue weighted by Crippen LogP contribution is 2.25. The molecule has 0 saturated heterocycles. The number of nitrogen functional groups attached to an aromatic ring is 1. The molecule has 1 aromatic heterocycles. The van der Waals surface area contributed by atoms with Gasteiger partial charge in [-0.3, -0.25) is 10.1 Å². The lowest BCUT2D eigenvalue weighted by Crippen LogP contribution is -2.10. The second kappa shape index (κ2) is 6.01. The molecule has 0 amide bonds. The van der Waals surface area contributed by atoms with Crippen molar-refractivity contribution in [3.8, 4) is 5.75 Å². The van der Waals surface area contributed by atoms with Crippen molar-refractivity contribution in [2.24, 2.45) is 5.84 Å². The maximum absolute atomic E-state index is 13.6. The van der Waals surface area contributed by atoms with Gasteiger partial charge in [-0.05, 0) is 12.1 Å². The molecule has 0 aliphatic rings. The molecule has 1 aromatic carbocycles. The van der Waals surface area contributed by atoms with E-state index < -0.39 is 10.7 Å². The van der Waals surface area contributed by atoms with E-state index in [1.807, 2.05) is 0 Å². The SMILES string of the molecule is COc1ccc(Nc2cc([N+](=O)[O-])cc(NN)n2)cc1F. The highest BCUT2D eigenvalue weighted by molar-refractivity contribution is 5.62. The third-order valence-electron chi connectivity index (χ3n) is 2.59. The van der Waals surface area contributed by atoms with Crippen LogP contribution < -0.4 is 21.3 Å². The minimum atomic E-state index is -0.581. The maximum atomic E-state index is 13.6. The van der Waals surface area contributed by atoms with E-state index in [4.69, 9.17) is 10.6 Å². The zero-order chi connectivity index (χ0) is 15.4. The Balaban J connectivity index is 2.32. The number of hydrazine groups is 1. The molecule has 110 valence electrons. The first-order chi connectivity index (χ1) is 10.0. The van der Waals surface area contributed by atoms with Gasteiger partial charge in [-0.1, -0.05) is 0 Å². The molecule has 0 radical (unpaired) electrons. The number of nitro groups is 1. The maximum Gasteiger partial charge on any atom is 0.276 e. The van der Waals surface area contributed by atoms with Crippen molar-refractivity contribution in [2.45, 2.75) is 0 Å². The Kier molecular flexibility index (Phi) is 4.14. The molecule has 0 aliphatic carbocycles. The molecular weight excluding hydrogens is 281 g/mol. The Bertz CT molecular complexity index is 680. The Labute approximate surface area is 118 Å². The molecule has 1 heterocycles. The molecule has 0 unspecified atom stereocenters. The van der Waals surface area contributed by atoms with Crippen molar-refractivity contribution in [1.29, 1.82) is 0 Å². The molecule has 21 heavy (non-hydrogen) atoms. The Morgan fingerprint density at radius 3 is 2.62 bits per heavy atom. The highest BCUT2D eigenvalue weighted by Gasteiger charge is 2.11. The van der Waals surface area contributed by atoms with E-state index in [0.717, 1.165) is 0 Å². The predicted molar refractivity (Wildman–Crippen MR) is 74.9 cm³/mol. The summed E-state index contributed by atoms with van der Waals surface area (Å²) in [7, 11) is 1.35. The van der Waals surface area contributed by atoms with Crippen LogP contribution in [0.15, 0.2) is 30.3 Å². The van der Waals surface area contributed by atoms with Crippen molar-refractivity contribution < 1.29 is 14.1 Å². The quantitative estimate of drug-likeness (QED) is 0.439. The number of anilines is 3. The Hall–Kier alpha value is -2.94. The number of hydrogen-bond donors (Lipinski definition) is 3. The fraction of sp³-hybridized carbons (Fsp3) is 0.0833. The first-order valence-corrected chi connectivity index (χ1v) is 5.77. The molecule has 0 spiro atoms. The summed E-state index contributed by atoms with van der Waals surface area (Å²) in [5, 5.41) is 13.6. The highest BCUT2D eigenvalue weighted by atomic mass is 19.1. The average Bonchev–Trinajstić information content (AvgIpc) is 2.47. The summed E-state index contributed by atoms with van der Waals surface area (Å²) < 4.78 is 18.4. The summed E-state index contributed by atoms with van der Waals surface area (Å²) in [5.41, 5.74) is 2.39. The third kappa shape index (κ3) is 3.34. The molecule has 0 bridgehead atoms. The van der Waals surface area contributed by atoms with Gasteiger partial charge in [0.15, 0.2) is 11.6 Å². The molecule has 8 nitrogen and oxygen atoms in total. The fourth-order valence-corrected chi connectivity index (χ4v) is 1.65. The van der Waals surface area contributed by atoms with Crippen molar-refractivity contribution in [3.05, 3.63) is 46.3 Å². The van der Waals surface area contributed by atoms with E-state index in [9.17, 15) is 14.5 Å². The van der Waals surface area contributed by atoms with Gasteiger partial charge in [0.25, 0.3) is 5.69 Å². The van der Waals surface area contributed by atoms with E-state index >= 15 is 0 Å². The lowest BCUT2D eigenvalue weighted by molar-refractivity contribution is -0.384. The molecule has 9 heteroatoms. The van der Waals surface area contributed by atoms with E-state index in [0.29, 0.717) is 5.69 Å². The second-order valence-corrected chi connectivity index (χ2v) is 3.97. The van der Waals surface area contributed by atoms with Gasteiger partial charge < -0.3 is 15.5 Å². The van der Waals surface area contributed by atoms with E-state index in [-0.39, 0.29) is 23.1 Å². The smallest absolute Gasteiger partial charge is 0.276 e. The number of pyridine rings is 1. The zero-order valence-electron chi connectivity index (χ0n) is 11.0. The van der Waals surface area contributed by atoms with Gasteiger partial charge in [0.2, 0.25) is 0 Å². The molecular formula is C12H12FN5O3. The predicted octanol–water partition coefficient (Wildman–Crippen LogP) is 2.17. The number of aromatic nitrogens is 1. The first-order valence-electron chi connectivity index (χ1n) is 5.77. The Morgan fingerprint density at radius 1 is 1.33 bits per heavy atom. The monoisotopic (exact) mass is 293 g/mol. The first kappa shape index (κ1) is 14.5. The summed E-state index contributed by atoms with van der Waals surface area (Å²) in [4.78, 5) is 14.2. The van der Waals surface area contributed by atoms with Crippen LogP contribution in [-0.4, -0.2) is 17.0 Å². The average molecular weight is 293 g/mol. The van der Waals surface area contributed by atoms with Crippen LogP contribution >= 0.6 is 0 Å². The summed E-state index contributed by atoms with van der Waals surface area (Å²) in [6, 6.07) is 6.56. The van der Waals surface area contributed by atoms with Gasteiger partial charge in [0.1, 0.15) is 11.6 Å². The lowest BCUT2D eigenvalue weighted by Gasteiger charge is -2.09.